The van der Waals surface area contributed by atoms with Crippen molar-refractivity contribution >= 4 is 22.8 Å². The predicted octanol–water partition coefficient (Wildman–Crippen LogP) is 2.87. The molecule has 3 rings (SSSR count). The Bertz CT molecular complexity index is 901. The van der Waals surface area contributed by atoms with Crippen molar-refractivity contribution in [1.82, 2.24) is 5.32 Å². The lowest BCUT2D eigenvalue weighted by atomic mass is 10.1. The summed E-state index contributed by atoms with van der Waals surface area (Å²) in [4.78, 5) is 23.8. The van der Waals surface area contributed by atoms with Crippen LogP contribution in [0.2, 0.25) is 0 Å². The molecule has 6 heteroatoms. The summed E-state index contributed by atoms with van der Waals surface area (Å²) in [6.45, 7) is 0. The van der Waals surface area contributed by atoms with Crippen LogP contribution in [0.3, 0.4) is 0 Å². The summed E-state index contributed by atoms with van der Waals surface area (Å²) in [6, 6.07) is 14.8. The van der Waals surface area contributed by atoms with Gasteiger partial charge in [0.15, 0.2) is 5.76 Å². The number of carbonyl (C=O) groups is 2. The minimum absolute atomic E-state index is 0.0579. The van der Waals surface area contributed by atoms with E-state index in [9.17, 15) is 14.7 Å². The molecule has 0 radical (unpaired) electrons. The fourth-order valence-corrected chi connectivity index (χ4v) is 2.54. The lowest BCUT2D eigenvalue weighted by Crippen LogP contribution is -2.42. The lowest BCUT2D eigenvalue weighted by molar-refractivity contribution is -0.139. The first-order chi connectivity index (χ1) is 12.1. The Hall–Kier alpha value is -3.28. The van der Waals surface area contributed by atoms with E-state index in [1.54, 1.807) is 31.4 Å². The normalized spacial score (nSPS) is 11.9. The van der Waals surface area contributed by atoms with Crippen LogP contribution in [-0.4, -0.2) is 30.1 Å². The Morgan fingerprint density at radius 2 is 1.92 bits per heavy atom. The largest absolute Gasteiger partial charge is 0.497 e. The van der Waals surface area contributed by atoms with Crippen LogP contribution in [0, 0.1) is 0 Å². The van der Waals surface area contributed by atoms with Crippen molar-refractivity contribution < 1.29 is 23.8 Å². The Labute approximate surface area is 144 Å². The molecule has 2 N–H and O–H groups in total. The number of furan rings is 1. The van der Waals surface area contributed by atoms with E-state index in [2.05, 4.69) is 5.32 Å². The number of hydrogen-bond acceptors (Lipinski definition) is 4. The Morgan fingerprint density at radius 3 is 2.60 bits per heavy atom. The highest BCUT2D eigenvalue weighted by molar-refractivity contribution is 5.98. The maximum absolute atomic E-state index is 12.4. The molecule has 0 aliphatic rings. The number of carboxylic acids is 1. The van der Waals surface area contributed by atoms with Gasteiger partial charge in [0.1, 0.15) is 17.4 Å². The van der Waals surface area contributed by atoms with E-state index in [0.717, 1.165) is 5.56 Å². The fraction of sp³-hybridized carbons (Fsp3) is 0.158. The molecule has 1 atom stereocenters. The van der Waals surface area contributed by atoms with Crippen molar-refractivity contribution in [2.75, 3.05) is 7.11 Å². The van der Waals surface area contributed by atoms with Gasteiger partial charge in [-0.25, -0.2) is 4.79 Å². The molecule has 1 aromatic heterocycles. The SMILES string of the molecule is COc1ccc2oc(C(=O)NC(Cc3ccccc3)C(=O)O)cc2c1. The molecule has 25 heavy (non-hydrogen) atoms. The zero-order valence-corrected chi connectivity index (χ0v) is 13.6. The molecule has 0 bridgehead atoms. The molecule has 1 heterocycles. The van der Waals surface area contributed by atoms with Gasteiger partial charge in [-0.05, 0) is 29.8 Å². The van der Waals surface area contributed by atoms with Crippen molar-refractivity contribution in [3.63, 3.8) is 0 Å². The number of ether oxygens (including phenoxy) is 1. The highest BCUT2D eigenvalue weighted by Gasteiger charge is 2.23. The van der Waals surface area contributed by atoms with Crippen molar-refractivity contribution in [3.8, 4) is 5.75 Å². The van der Waals surface area contributed by atoms with Crippen molar-refractivity contribution in [1.29, 1.82) is 0 Å². The van der Waals surface area contributed by atoms with E-state index >= 15 is 0 Å². The molecule has 3 aromatic rings. The van der Waals surface area contributed by atoms with E-state index in [-0.39, 0.29) is 12.2 Å². The first-order valence-electron chi connectivity index (χ1n) is 7.72. The topological polar surface area (TPSA) is 88.8 Å². The van der Waals surface area contributed by atoms with Gasteiger partial charge < -0.3 is 19.6 Å². The second-order valence-electron chi connectivity index (χ2n) is 5.57. The summed E-state index contributed by atoms with van der Waals surface area (Å²) < 4.78 is 10.6. The zero-order valence-electron chi connectivity index (χ0n) is 13.6. The fourth-order valence-electron chi connectivity index (χ4n) is 2.54. The number of aliphatic carboxylic acids is 1. The van der Waals surface area contributed by atoms with E-state index in [4.69, 9.17) is 9.15 Å². The third-order valence-corrected chi connectivity index (χ3v) is 3.83. The summed E-state index contributed by atoms with van der Waals surface area (Å²) in [5, 5.41) is 12.6. The van der Waals surface area contributed by atoms with Gasteiger partial charge in [-0.3, -0.25) is 4.79 Å². The minimum Gasteiger partial charge on any atom is -0.497 e. The van der Waals surface area contributed by atoms with Gasteiger partial charge in [0, 0.05) is 11.8 Å². The highest BCUT2D eigenvalue weighted by atomic mass is 16.5. The molecule has 0 aliphatic carbocycles. The molecular weight excluding hydrogens is 322 g/mol. The molecule has 1 unspecified atom stereocenters. The number of methoxy groups -OCH3 is 1. The van der Waals surface area contributed by atoms with Gasteiger partial charge in [0.05, 0.1) is 7.11 Å². The lowest BCUT2D eigenvalue weighted by Gasteiger charge is -2.13. The van der Waals surface area contributed by atoms with Gasteiger partial charge >= 0.3 is 5.97 Å². The molecule has 6 nitrogen and oxygen atoms in total. The molecule has 128 valence electrons. The molecule has 0 saturated carbocycles. The van der Waals surface area contributed by atoms with E-state index in [1.807, 2.05) is 30.3 Å². The van der Waals surface area contributed by atoms with Crippen LogP contribution in [-0.2, 0) is 11.2 Å². The Morgan fingerprint density at radius 1 is 1.16 bits per heavy atom. The third-order valence-electron chi connectivity index (χ3n) is 3.83. The standard InChI is InChI=1S/C19H17NO5/c1-24-14-7-8-16-13(10-14)11-17(25-16)18(21)20-15(19(22)23)9-12-5-3-2-4-6-12/h2-8,10-11,15H,9H2,1H3,(H,20,21)(H,22,23). The number of fused-ring (bicyclic) bond motifs is 1. The van der Waals surface area contributed by atoms with Gasteiger partial charge in [-0.15, -0.1) is 0 Å². The van der Waals surface area contributed by atoms with Gasteiger partial charge in [0.2, 0.25) is 0 Å². The highest BCUT2D eigenvalue weighted by Crippen LogP contribution is 2.24. The average Bonchev–Trinajstić information content (AvgIpc) is 3.05. The zero-order chi connectivity index (χ0) is 17.8. The summed E-state index contributed by atoms with van der Waals surface area (Å²) in [5.74, 6) is -0.969. The van der Waals surface area contributed by atoms with E-state index in [0.29, 0.717) is 16.7 Å². The van der Waals surface area contributed by atoms with Crippen LogP contribution in [0.1, 0.15) is 16.1 Å². The van der Waals surface area contributed by atoms with Crippen LogP contribution >= 0.6 is 0 Å². The first-order valence-corrected chi connectivity index (χ1v) is 7.72. The molecule has 0 saturated heterocycles. The van der Waals surface area contributed by atoms with Crippen molar-refractivity contribution in [3.05, 3.63) is 65.9 Å². The summed E-state index contributed by atoms with van der Waals surface area (Å²) >= 11 is 0. The number of carboxylic acid groups (broad SMARTS) is 1. The van der Waals surface area contributed by atoms with Crippen LogP contribution in [0.25, 0.3) is 11.0 Å². The number of benzene rings is 2. The number of nitrogens with one attached hydrogen (secondary N) is 1. The molecular formula is C19H17NO5. The Balaban J connectivity index is 1.78. The van der Waals surface area contributed by atoms with E-state index < -0.39 is 17.9 Å². The van der Waals surface area contributed by atoms with E-state index in [1.165, 1.54) is 0 Å². The predicted molar refractivity (Wildman–Crippen MR) is 91.8 cm³/mol. The number of rotatable bonds is 6. The van der Waals surface area contributed by atoms with Crippen LogP contribution in [0.15, 0.2) is 59.0 Å². The smallest absolute Gasteiger partial charge is 0.326 e. The number of amides is 1. The molecule has 2 aromatic carbocycles. The van der Waals surface area contributed by atoms with Gasteiger partial charge in [0.25, 0.3) is 5.91 Å². The third kappa shape index (κ3) is 3.80. The quantitative estimate of drug-likeness (QED) is 0.721. The summed E-state index contributed by atoms with van der Waals surface area (Å²) in [6.07, 6.45) is 0.190. The van der Waals surface area contributed by atoms with Crippen LogP contribution < -0.4 is 10.1 Å². The Kier molecular flexibility index (Phi) is 4.70. The molecule has 0 fully saturated rings. The maximum Gasteiger partial charge on any atom is 0.326 e. The minimum atomic E-state index is -1.10. The van der Waals surface area contributed by atoms with Gasteiger partial charge in [-0.2, -0.15) is 0 Å². The number of carbonyl (C=O) groups excluding carboxylic acids is 1. The molecule has 0 spiro atoms. The second kappa shape index (κ2) is 7.09. The summed E-state index contributed by atoms with van der Waals surface area (Å²) in [7, 11) is 1.55. The molecule has 0 aliphatic heterocycles. The van der Waals surface area contributed by atoms with Crippen LogP contribution in [0.4, 0.5) is 0 Å². The van der Waals surface area contributed by atoms with Gasteiger partial charge in [-0.1, -0.05) is 30.3 Å². The second-order valence-corrected chi connectivity index (χ2v) is 5.57. The monoisotopic (exact) mass is 339 g/mol. The van der Waals surface area contributed by atoms with Crippen LogP contribution in [0.5, 0.6) is 5.75 Å². The summed E-state index contributed by atoms with van der Waals surface area (Å²) in [5.41, 5.74) is 1.35. The first kappa shape index (κ1) is 16.6. The van der Waals surface area contributed by atoms with Crippen molar-refractivity contribution in [2.45, 2.75) is 12.5 Å². The molecule has 1 amide bonds. The maximum atomic E-state index is 12.4. The average molecular weight is 339 g/mol. The number of hydrogen-bond donors (Lipinski definition) is 2. The van der Waals surface area contributed by atoms with Crippen molar-refractivity contribution in [2.24, 2.45) is 0 Å².